The van der Waals surface area contributed by atoms with Gasteiger partial charge in [-0.2, -0.15) is 0 Å². The van der Waals surface area contributed by atoms with E-state index in [4.69, 9.17) is 0 Å². The molecule has 0 radical (unpaired) electrons. The van der Waals surface area contributed by atoms with Gasteiger partial charge in [-0.3, -0.25) is 4.79 Å². The summed E-state index contributed by atoms with van der Waals surface area (Å²) in [7, 11) is 0. The highest BCUT2D eigenvalue weighted by Gasteiger charge is 2.24. The monoisotopic (exact) mass is 394 g/mol. The summed E-state index contributed by atoms with van der Waals surface area (Å²) in [5.41, 5.74) is 2.29. The van der Waals surface area contributed by atoms with Gasteiger partial charge in [0.15, 0.2) is 0 Å². The first-order valence-corrected chi connectivity index (χ1v) is 11.0. The van der Waals surface area contributed by atoms with Crippen LogP contribution in [0.2, 0.25) is 0 Å². The first-order chi connectivity index (χ1) is 13.8. The first-order valence-electron chi connectivity index (χ1n) is 10.1. The van der Waals surface area contributed by atoms with Crippen molar-refractivity contribution in [1.29, 1.82) is 0 Å². The number of thiophene rings is 1. The number of piperidine rings is 1. The largest absolute Gasteiger partial charge is 0.369 e. The molecule has 0 saturated carbocycles. The molecular formula is C22H26N4OS. The summed E-state index contributed by atoms with van der Waals surface area (Å²) >= 11 is 1.62. The molecule has 1 fully saturated rings. The van der Waals surface area contributed by atoms with Crippen LogP contribution in [0, 0.1) is 0 Å². The molecule has 1 aromatic carbocycles. The van der Waals surface area contributed by atoms with Crippen LogP contribution in [0.4, 0.5) is 5.82 Å². The van der Waals surface area contributed by atoms with Crippen molar-refractivity contribution in [2.75, 3.05) is 18.4 Å². The lowest BCUT2D eigenvalue weighted by Gasteiger charge is -2.35. The van der Waals surface area contributed by atoms with E-state index in [1.165, 1.54) is 6.42 Å². The van der Waals surface area contributed by atoms with Gasteiger partial charge in [-0.15, -0.1) is 11.3 Å². The predicted octanol–water partition coefficient (Wildman–Crippen LogP) is 4.95. The second-order valence-electron chi connectivity index (χ2n) is 7.24. The highest BCUT2D eigenvalue weighted by atomic mass is 32.1. The van der Waals surface area contributed by atoms with Gasteiger partial charge in [0.25, 0.3) is 0 Å². The molecular weight excluding hydrogens is 368 g/mol. The van der Waals surface area contributed by atoms with Gasteiger partial charge in [0, 0.05) is 36.5 Å². The van der Waals surface area contributed by atoms with Gasteiger partial charge in [-0.1, -0.05) is 37.3 Å². The van der Waals surface area contributed by atoms with Crippen LogP contribution >= 0.6 is 11.3 Å². The molecule has 3 heterocycles. The SMILES string of the molecule is CCC1CCCCN1C(=O)CCNc1ncnc2scc(-c3ccccc3)c12. The Balaban J connectivity index is 1.48. The van der Waals surface area contributed by atoms with Gasteiger partial charge in [-0.25, -0.2) is 9.97 Å². The molecule has 5 nitrogen and oxygen atoms in total. The third kappa shape index (κ3) is 3.87. The van der Waals surface area contributed by atoms with E-state index >= 15 is 0 Å². The molecule has 0 aliphatic carbocycles. The number of carbonyl (C=O) groups is 1. The summed E-state index contributed by atoms with van der Waals surface area (Å²) in [5, 5.41) is 6.56. The summed E-state index contributed by atoms with van der Waals surface area (Å²) in [6.07, 6.45) is 6.62. The number of amides is 1. The van der Waals surface area contributed by atoms with E-state index in [9.17, 15) is 4.79 Å². The van der Waals surface area contributed by atoms with Gasteiger partial charge in [-0.05, 0) is 31.2 Å². The number of likely N-dealkylation sites (tertiary alicyclic amines) is 1. The normalized spacial score (nSPS) is 17.0. The Kier molecular flexibility index (Phi) is 5.86. The van der Waals surface area contributed by atoms with Crippen LogP contribution in [0.1, 0.15) is 39.0 Å². The maximum atomic E-state index is 12.7. The molecule has 2 aromatic heterocycles. The Bertz CT molecular complexity index is 940. The Hall–Kier alpha value is -2.47. The van der Waals surface area contributed by atoms with Gasteiger partial charge < -0.3 is 10.2 Å². The average Bonchev–Trinajstić information content (AvgIpc) is 3.19. The number of nitrogens with zero attached hydrogens (tertiary/aromatic N) is 3. The standard InChI is InChI=1S/C22H26N4OS/c1-2-17-10-6-7-13-26(17)19(27)11-12-23-21-20-18(16-8-4-3-5-9-16)14-28-22(20)25-15-24-21/h3-5,8-9,14-15,17H,2,6-7,10-13H2,1H3,(H,23,24,25). The van der Waals surface area contributed by atoms with Crippen molar-refractivity contribution < 1.29 is 4.79 Å². The number of carbonyl (C=O) groups excluding carboxylic acids is 1. The maximum Gasteiger partial charge on any atom is 0.224 e. The molecule has 0 spiro atoms. The number of hydrogen-bond donors (Lipinski definition) is 1. The van der Waals surface area contributed by atoms with Crippen LogP contribution in [-0.2, 0) is 4.79 Å². The third-order valence-corrected chi connectivity index (χ3v) is 6.39. The number of nitrogens with one attached hydrogen (secondary N) is 1. The molecule has 1 atom stereocenters. The quantitative estimate of drug-likeness (QED) is 0.642. The van der Waals surface area contributed by atoms with Crippen LogP contribution < -0.4 is 5.32 Å². The molecule has 1 aliphatic rings. The van der Waals surface area contributed by atoms with E-state index < -0.39 is 0 Å². The lowest BCUT2D eigenvalue weighted by molar-refractivity contribution is -0.134. The Morgan fingerprint density at radius 3 is 2.93 bits per heavy atom. The summed E-state index contributed by atoms with van der Waals surface area (Å²) in [4.78, 5) is 24.6. The minimum Gasteiger partial charge on any atom is -0.369 e. The lowest BCUT2D eigenvalue weighted by atomic mass is 9.99. The maximum absolute atomic E-state index is 12.7. The second kappa shape index (κ2) is 8.69. The van der Waals surface area contributed by atoms with Crippen molar-refractivity contribution in [2.24, 2.45) is 0 Å². The van der Waals surface area contributed by atoms with Crippen molar-refractivity contribution in [2.45, 2.75) is 45.1 Å². The van der Waals surface area contributed by atoms with E-state index in [1.54, 1.807) is 17.7 Å². The van der Waals surface area contributed by atoms with E-state index in [-0.39, 0.29) is 5.91 Å². The Morgan fingerprint density at radius 1 is 1.25 bits per heavy atom. The Morgan fingerprint density at radius 2 is 2.11 bits per heavy atom. The van der Waals surface area contributed by atoms with E-state index in [2.05, 4.69) is 44.6 Å². The van der Waals surface area contributed by atoms with Gasteiger partial charge in [0.2, 0.25) is 5.91 Å². The van der Waals surface area contributed by atoms with E-state index in [1.807, 2.05) is 18.2 Å². The van der Waals surface area contributed by atoms with Gasteiger partial charge in [0.1, 0.15) is 17.0 Å². The molecule has 1 amide bonds. The zero-order valence-corrected chi connectivity index (χ0v) is 17.0. The summed E-state index contributed by atoms with van der Waals surface area (Å²) in [6.45, 7) is 3.66. The molecule has 3 aromatic rings. The lowest BCUT2D eigenvalue weighted by Crippen LogP contribution is -2.43. The average molecular weight is 395 g/mol. The van der Waals surface area contributed by atoms with E-state index in [0.717, 1.165) is 53.0 Å². The van der Waals surface area contributed by atoms with Crippen molar-refractivity contribution in [3.8, 4) is 11.1 Å². The minimum absolute atomic E-state index is 0.248. The molecule has 1 N–H and O–H groups in total. The number of fused-ring (bicyclic) bond motifs is 1. The highest BCUT2D eigenvalue weighted by molar-refractivity contribution is 7.17. The third-order valence-electron chi connectivity index (χ3n) is 5.51. The molecule has 146 valence electrons. The molecule has 1 unspecified atom stereocenters. The van der Waals surface area contributed by atoms with Gasteiger partial charge in [0.05, 0.1) is 5.39 Å². The number of aromatic nitrogens is 2. The molecule has 4 rings (SSSR count). The number of hydrogen-bond acceptors (Lipinski definition) is 5. The summed E-state index contributed by atoms with van der Waals surface area (Å²) < 4.78 is 0. The summed E-state index contributed by atoms with van der Waals surface area (Å²) in [6, 6.07) is 10.7. The van der Waals surface area contributed by atoms with Crippen molar-refractivity contribution in [1.82, 2.24) is 14.9 Å². The van der Waals surface area contributed by atoms with Gasteiger partial charge >= 0.3 is 0 Å². The number of rotatable bonds is 6. The molecule has 1 saturated heterocycles. The van der Waals surface area contributed by atoms with Crippen LogP contribution in [-0.4, -0.2) is 39.9 Å². The Labute approximate surface area is 169 Å². The summed E-state index contributed by atoms with van der Waals surface area (Å²) in [5.74, 6) is 1.06. The second-order valence-corrected chi connectivity index (χ2v) is 8.10. The van der Waals surface area contributed by atoms with Crippen LogP contribution in [0.25, 0.3) is 21.3 Å². The fraction of sp³-hybridized carbons (Fsp3) is 0.409. The minimum atomic E-state index is 0.248. The molecule has 1 aliphatic heterocycles. The first kappa shape index (κ1) is 18.9. The zero-order chi connectivity index (χ0) is 19.3. The number of anilines is 1. The van der Waals surface area contributed by atoms with Crippen molar-refractivity contribution in [3.05, 3.63) is 42.0 Å². The van der Waals surface area contributed by atoms with E-state index in [0.29, 0.717) is 19.0 Å². The van der Waals surface area contributed by atoms with Crippen LogP contribution in [0.3, 0.4) is 0 Å². The fourth-order valence-electron chi connectivity index (χ4n) is 4.02. The highest BCUT2D eigenvalue weighted by Crippen LogP contribution is 2.36. The smallest absolute Gasteiger partial charge is 0.224 e. The van der Waals surface area contributed by atoms with Crippen LogP contribution in [0.5, 0.6) is 0 Å². The van der Waals surface area contributed by atoms with Crippen molar-refractivity contribution in [3.63, 3.8) is 0 Å². The molecule has 6 heteroatoms. The molecule has 28 heavy (non-hydrogen) atoms. The molecule has 0 bridgehead atoms. The van der Waals surface area contributed by atoms with Crippen LogP contribution in [0.15, 0.2) is 42.0 Å². The van der Waals surface area contributed by atoms with Crippen molar-refractivity contribution >= 4 is 33.3 Å². The predicted molar refractivity (Wildman–Crippen MR) is 116 cm³/mol. The topological polar surface area (TPSA) is 58.1 Å². The number of benzene rings is 1. The fourth-order valence-corrected chi connectivity index (χ4v) is 4.94. The zero-order valence-electron chi connectivity index (χ0n) is 16.2.